The van der Waals surface area contributed by atoms with E-state index in [1.807, 2.05) is 0 Å². The molecule has 0 atom stereocenters. The quantitative estimate of drug-likeness (QED) is 0.391. The van der Waals surface area contributed by atoms with E-state index in [1.165, 1.54) is 30.5 Å². The minimum atomic E-state index is -4.64. The number of anilines is 1. The molecule has 3 rings (SSSR count). The number of hydrogen-bond acceptors (Lipinski definition) is 3. The average molecular weight is 497 g/mol. The highest BCUT2D eigenvalue weighted by molar-refractivity contribution is 6.42. The van der Waals surface area contributed by atoms with Crippen LogP contribution in [0.25, 0.3) is 6.08 Å². The number of nitrogens with one attached hydrogen (secondary N) is 1. The highest BCUT2D eigenvalue weighted by Crippen LogP contribution is 2.34. The fourth-order valence-electron chi connectivity index (χ4n) is 2.89. The molecule has 1 N–H and O–H groups in total. The first-order chi connectivity index (χ1) is 15.6. The second-order valence-corrected chi connectivity index (χ2v) is 7.69. The molecule has 0 saturated carbocycles. The maximum atomic E-state index is 13.2. The summed E-state index contributed by atoms with van der Waals surface area (Å²) in [6, 6.07) is 12.6. The summed E-state index contributed by atoms with van der Waals surface area (Å²) in [6.07, 6.45) is -0.532. The second-order valence-electron chi connectivity index (χ2n) is 6.87. The van der Waals surface area contributed by atoms with Gasteiger partial charge in [0.25, 0.3) is 0 Å². The summed E-state index contributed by atoms with van der Waals surface area (Å²) in [5.74, 6) is -0.957. The molecule has 2 aromatic carbocycles. The Morgan fingerprint density at radius 1 is 1.03 bits per heavy atom. The van der Waals surface area contributed by atoms with Gasteiger partial charge in [0.2, 0.25) is 11.8 Å². The summed E-state index contributed by atoms with van der Waals surface area (Å²) in [4.78, 5) is 26.5. The van der Waals surface area contributed by atoms with Crippen molar-refractivity contribution >= 4 is 46.8 Å². The Morgan fingerprint density at radius 3 is 2.45 bits per heavy atom. The van der Waals surface area contributed by atoms with Crippen molar-refractivity contribution in [3.63, 3.8) is 0 Å². The zero-order valence-corrected chi connectivity index (χ0v) is 18.4. The van der Waals surface area contributed by atoms with E-state index in [0.717, 1.165) is 17.0 Å². The van der Waals surface area contributed by atoms with E-state index >= 15 is 0 Å². The summed E-state index contributed by atoms with van der Waals surface area (Å²) in [5.41, 5.74) is -0.784. The largest absolute Gasteiger partial charge is 0.467 e. The first-order valence-corrected chi connectivity index (χ1v) is 10.3. The third-order valence-corrected chi connectivity index (χ3v) is 5.18. The van der Waals surface area contributed by atoms with Gasteiger partial charge in [0.15, 0.2) is 0 Å². The van der Waals surface area contributed by atoms with Gasteiger partial charge in [0.05, 0.1) is 34.1 Å². The predicted octanol–water partition coefficient (Wildman–Crippen LogP) is 6.29. The van der Waals surface area contributed by atoms with Crippen LogP contribution in [0.4, 0.5) is 18.9 Å². The standard InChI is InChI=1S/C23H17Cl2F3N2O3/c24-18-9-7-15(12-19(18)25)8-10-22(32)30(13-16-4-3-11-33-16)14-21(31)29-20-6-2-1-5-17(20)23(26,27)28/h1-12H,13-14H2,(H,29,31). The minimum absolute atomic E-state index is 0.0636. The predicted molar refractivity (Wildman–Crippen MR) is 120 cm³/mol. The number of hydrogen-bond donors (Lipinski definition) is 1. The van der Waals surface area contributed by atoms with Crippen LogP contribution in [0.15, 0.2) is 71.4 Å². The maximum absolute atomic E-state index is 13.2. The molecule has 0 spiro atoms. The second kappa shape index (κ2) is 10.6. The van der Waals surface area contributed by atoms with Crippen molar-refractivity contribution in [3.8, 4) is 0 Å². The highest BCUT2D eigenvalue weighted by Gasteiger charge is 2.33. The molecule has 0 aliphatic heterocycles. The van der Waals surface area contributed by atoms with Crippen LogP contribution in [0.2, 0.25) is 10.0 Å². The Kier molecular flexibility index (Phi) is 7.84. The zero-order chi connectivity index (χ0) is 24.0. The Balaban J connectivity index is 1.76. The average Bonchev–Trinajstić information content (AvgIpc) is 3.26. The van der Waals surface area contributed by atoms with Crippen molar-refractivity contribution < 1.29 is 27.2 Å². The summed E-state index contributed by atoms with van der Waals surface area (Å²) >= 11 is 11.9. The van der Waals surface area contributed by atoms with Crippen molar-refractivity contribution in [1.82, 2.24) is 4.90 Å². The third-order valence-electron chi connectivity index (χ3n) is 4.44. The van der Waals surface area contributed by atoms with Crippen LogP contribution in [0.1, 0.15) is 16.9 Å². The van der Waals surface area contributed by atoms with Crippen molar-refractivity contribution in [2.24, 2.45) is 0 Å². The lowest BCUT2D eigenvalue weighted by atomic mass is 10.1. The van der Waals surface area contributed by atoms with E-state index in [4.69, 9.17) is 27.6 Å². The molecule has 0 bridgehead atoms. The van der Waals surface area contributed by atoms with Gasteiger partial charge in [-0.15, -0.1) is 0 Å². The molecule has 0 aliphatic carbocycles. The van der Waals surface area contributed by atoms with Gasteiger partial charge in [0.1, 0.15) is 12.3 Å². The Morgan fingerprint density at radius 2 is 1.79 bits per heavy atom. The van der Waals surface area contributed by atoms with E-state index in [0.29, 0.717) is 21.4 Å². The SMILES string of the molecule is O=C(CN(Cc1ccco1)C(=O)C=Cc1ccc(Cl)c(Cl)c1)Nc1ccccc1C(F)(F)F. The number of halogens is 5. The Hall–Kier alpha value is -3.23. The number of nitrogens with zero attached hydrogens (tertiary/aromatic N) is 1. The Bertz CT molecular complexity index is 1160. The lowest BCUT2D eigenvalue weighted by Gasteiger charge is -2.20. The van der Waals surface area contributed by atoms with Gasteiger partial charge < -0.3 is 14.6 Å². The number of alkyl halides is 3. The molecular formula is C23H17Cl2F3N2O3. The van der Waals surface area contributed by atoms with E-state index in [2.05, 4.69) is 5.32 Å². The molecule has 0 radical (unpaired) electrons. The van der Waals surface area contributed by atoms with Gasteiger partial charge in [-0.05, 0) is 48.0 Å². The molecule has 33 heavy (non-hydrogen) atoms. The first-order valence-electron chi connectivity index (χ1n) is 9.54. The van der Waals surface area contributed by atoms with Crippen LogP contribution < -0.4 is 5.32 Å². The number of benzene rings is 2. The van der Waals surface area contributed by atoms with Gasteiger partial charge in [-0.2, -0.15) is 13.2 Å². The van der Waals surface area contributed by atoms with Crippen LogP contribution in [0, 0.1) is 0 Å². The van der Waals surface area contributed by atoms with Crippen LogP contribution >= 0.6 is 23.2 Å². The molecule has 172 valence electrons. The molecule has 1 heterocycles. The topological polar surface area (TPSA) is 62.6 Å². The molecule has 2 amide bonds. The monoisotopic (exact) mass is 496 g/mol. The van der Waals surface area contributed by atoms with E-state index in [9.17, 15) is 22.8 Å². The molecule has 5 nitrogen and oxygen atoms in total. The van der Waals surface area contributed by atoms with Gasteiger partial charge in [0, 0.05) is 6.08 Å². The molecule has 10 heteroatoms. The number of carbonyl (C=O) groups excluding carboxylic acids is 2. The normalized spacial score (nSPS) is 11.5. The number of furan rings is 1. The first kappa shape index (κ1) is 24.4. The highest BCUT2D eigenvalue weighted by atomic mass is 35.5. The van der Waals surface area contributed by atoms with Gasteiger partial charge in [-0.3, -0.25) is 9.59 Å². The number of amides is 2. The summed E-state index contributed by atoms with van der Waals surface area (Å²) in [7, 11) is 0. The number of rotatable bonds is 7. The van der Waals surface area contributed by atoms with Crippen LogP contribution in [0.3, 0.4) is 0 Å². The lowest BCUT2D eigenvalue weighted by molar-refractivity contribution is -0.137. The third kappa shape index (κ3) is 6.87. The fraction of sp³-hybridized carbons (Fsp3) is 0.130. The smallest absolute Gasteiger partial charge is 0.418 e. The van der Waals surface area contributed by atoms with Crippen molar-refractivity contribution in [2.75, 3.05) is 11.9 Å². The fourth-order valence-corrected chi connectivity index (χ4v) is 3.20. The summed E-state index contributed by atoms with van der Waals surface area (Å²) in [5, 5.41) is 2.89. The lowest BCUT2D eigenvalue weighted by Crippen LogP contribution is -2.36. The van der Waals surface area contributed by atoms with E-state index < -0.39 is 35.8 Å². The van der Waals surface area contributed by atoms with Crippen LogP contribution in [0.5, 0.6) is 0 Å². The maximum Gasteiger partial charge on any atom is 0.418 e. The molecule has 0 fully saturated rings. The van der Waals surface area contributed by atoms with Crippen molar-refractivity contribution in [3.05, 3.63) is 93.9 Å². The van der Waals surface area contributed by atoms with Crippen molar-refractivity contribution in [2.45, 2.75) is 12.7 Å². The molecule has 0 aliphatic rings. The zero-order valence-electron chi connectivity index (χ0n) is 16.9. The molecule has 0 unspecified atom stereocenters. The molecule has 3 aromatic rings. The van der Waals surface area contributed by atoms with Crippen LogP contribution in [-0.2, 0) is 22.3 Å². The van der Waals surface area contributed by atoms with E-state index in [-0.39, 0.29) is 6.54 Å². The van der Waals surface area contributed by atoms with Gasteiger partial charge in [-0.25, -0.2) is 0 Å². The Labute approximate surface area is 197 Å². The van der Waals surface area contributed by atoms with Gasteiger partial charge in [-0.1, -0.05) is 41.4 Å². The van der Waals surface area contributed by atoms with Crippen molar-refractivity contribution in [1.29, 1.82) is 0 Å². The molecule has 0 saturated heterocycles. The molecular weight excluding hydrogens is 480 g/mol. The molecule has 1 aromatic heterocycles. The number of carbonyl (C=O) groups is 2. The summed E-state index contributed by atoms with van der Waals surface area (Å²) < 4.78 is 44.8. The van der Waals surface area contributed by atoms with E-state index in [1.54, 1.807) is 30.3 Å². The van der Waals surface area contributed by atoms with Gasteiger partial charge >= 0.3 is 6.18 Å². The van der Waals surface area contributed by atoms with Crippen LogP contribution in [-0.4, -0.2) is 23.3 Å². The summed E-state index contributed by atoms with van der Waals surface area (Å²) in [6.45, 7) is -0.566. The minimum Gasteiger partial charge on any atom is -0.467 e. The number of para-hydroxylation sites is 1.